The van der Waals surface area contributed by atoms with Crippen molar-refractivity contribution >= 4 is 21.6 Å². The first kappa shape index (κ1) is 21.0. The lowest BCUT2D eigenvalue weighted by Crippen LogP contribution is -2.31. The number of likely N-dealkylation sites (tertiary alicyclic amines) is 1. The summed E-state index contributed by atoms with van der Waals surface area (Å²) in [6.45, 7) is 5.31. The van der Waals surface area contributed by atoms with Gasteiger partial charge in [0.15, 0.2) is 0 Å². The van der Waals surface area contributed by atoms with E-state index in [4.69, 9.17) is 0 Å². The molecule has 2 heterocycles. The maximum atomic E-state index is 12.8. The molecule has 1 amide bonds. The van der Waals surface area contributed by atoms with Gasteiger partial charge in [0.25, 0.3) is 0 Å². The third-order valence-electron chi connectivity index (χ3n) is 5.97. The Morgan fingerprint density at radius 2 is 1.93 bits per heavy atom. The van der Waals surface area contributed by atoms with Crippen molar-refractivity contribution in [3.05, 3.63) is 59.2 Å². The Morgan fingerprint density at radius 3 is 2.73 bits per heavy atom. The number of amides is 1. The lowest BCUT2D eigenvalue weighted by atomic mass is 10.1. The summed E-state index contributed by atoms with van der Waals surface area (Å²) in [7, 11) is -3.57. The van der Waals surface area contributed by atoms with Crippen LogP contribution in [-0.2, 0) is 27.8 Å². The van der Waals surface area contributed by atoms with Gasteiger partial charge < -0.3 is 5.32 Å². The molecule has 0 aromatic heterocycles. The van der Waals surface area contributed by atoms with Crippen LogP contribution < -0.4 is 10.0 Å². The summed E-state index contributed by atoms with van der Waals surface area (Å²) < 4.78 is 28.4. The Bertz CT molecular complexity index is 1020. The molecule has 0 bridgehead atoms. The highest BCUT2D eigenvalue weighted by atomic mass is 32.2. The summed E-state index contributed by atoms with van der Waals surface area (Å²) in [4.78, 5) is 14.3. The molecule has 0 unspecified atom stereocenters. The second-order valence-corrected chi connectivity index (χ2v) is 10.2. The van der Waals surface area contributed by atoms with Crippen molar-refractivity contribution in [2.75, 3.05) is 25.0 Å². The van der Waals surface area contributed by atoms with Gasteiger partial charge in [-0.3, -0.25) is 9.69 Å². The molecule has 0 spiro atoms. The predicted molar refractivity (Wildman–Crippen MR) is 118 cm³/mol. The molecule has 1 atom stereocenters. The number of hydrogen-bond donors (Lipinski definition) is 2. The molecule has 4 rings (SSSR count). The van der Waals surface area contributed by atoms with Crippen molar-refractivity contribution < 1.29 is 13.2 Å². The number of aryl methyl sites for hydroxylation is 2. The van der Waals surface area contributed by atoms with E-state index in [1.54, 1.807) is 18.2 Å². The first-order valence-corrected chi connectivity index (χ1v) is 12.1. The molecule has 30 heavy (non-hydrogen) atoms. The van der Waals surface area contributed by atoms with Gasteiger partial charge in [-0.25, -0.2) is 13.1 Å². The molecular formula is C23H29N3O3S. The molecule has 2 aliphatic heterocycles. The molecule has 2 aromatic carbocycles. The van der Waals surface area contributed by atoms with Crippen LogP contribution >= 0.6 is 0 Å². The topological polar surface area (TPSA) is 78.5 Å². The number of nitrogens with zero attached hydrogens (tertiary/aromatic N) is 1. The standard InChI is InChI=1S/C23H29N3O3S/c1-17-5-7-18(8-6-17)15-26-12-11-19(16-26)14-24-30(28,29)21-9-10-22-20(13-21)3-2-4-23(27)25-22/h5-10,13,19,24H,2-4,11-12,14-16H2,1H3,(H,25,27)/t19-/m0/s1. The van der Waals surface area contributed by atoms with Crippen molar-refractivity contribution in [2.24, 2.45) is 5.92 Å². The van der Waals surface area contributed by atoms with E-state index in [1.807, 2.05) is 0 Å². The normalized spacial score (nSPS) is 19.9. The number of hydrogen-bond acceptors (Lipinski definition) is 4. The van der Waals surface area contributed by atoms with Crippen molar-refractivity contribution in [3.8, 4) is 0 Å². The third kappa shape index (κ3) is 5.09. The maximum Gasteiger partial charge on any atom is 0.240 e. The summed E-state index contributed by atoms with van der Waals surface area (Å²) in [6.07, 6.45) is 2.89. The highest BCUT2D eigenvalue weighted by molar-refractivity contribution is 7.89. The quantitative estimate of drug-likeness (QED) is 0.743. The van der Waals surface area contributed by atoms with Gasteiger partial charge in [-0.2, -0.15) is 0 Å². The molecule has 1 saturated heterocycles. The number of rotatable bonds is 6. The van der Waals surface area contributed by atoms with Crippen molar-refractivity contribution in [2.45, 2.75) is 44.0 Å². The average Bonchev–Trinajstić information content (AvgIpc) is 3.07. The zero-order valence-electron chi connectivity index (χ0n) is 17.4. The van der Waals surface area contributed by atoms with Crippen LogP contribution in [0.1, 0.15) is 36.0 Å². The molecule has 0 radical (unpaired) electrons. The Morgan fingerprint density at radius 1 is 1.13 bits per heavy atom. The van der Waals surface area contributed by atoms with Crippen LogP contribution in [0.3, 0.4) is 0 Å². The maximum absolute atomic E-state index is 12.8. The first-order valence-electron chi connectivity index (χ1n) is 10.6. The molecule has 6 nitrogen and oxygen atoms in total. The van der Waals surface area contributed by atoms with Crippen molar-refractivity contribution in [1.82, 2.24) is 9.62 Å². The number of benzene rings is 2. The smallest absolute Gasteiger partial charge is 0.240 e. The van der Waals surface area contributed by atoms with Crippen molar-refractivity contribution in [1.29, 1.82) is 0 Å². The summed E-state index contributed by atoms with van der Waals surface area (Å²) in [5.41, 5.74) is 4.15. The highest BCUT2D eigenvalue weighted by Gasteiger charge is 2.25. The summed E-state index contributed by atoms with van der Waals surface area (Å²) in [5.74, 6) is 0.296. The Kier molecular flexibility index (Phi) is 6.22. The van der Waals surface area contributed by atoms with Gasteiger partial charge in [0.2, 0.25) is 15.9 Å². The van der Waals surface area contributed by atoms with Crippen LogP contribution in [0.5, 0.6) is 0 Å². The van der Waals surface area contributed by atoms with Gasteiger partial charge in [-0.1, -0.05) is 29.8 Å². The summed E-state index contributed by atoms with van der Waals surface area (Å²) in [5, 5.41) is 2.85. The molecule has 160 valence electrons. The fraction of sp³-hybridized carbons (Fsp3) is 0.435. The number of anilines is 1. The largest absolute Gasteiger partial charge is 0.326 e. The monoisotopic (exact) mass is 427 g/mol. The van der Waals surface area contributed by atoms with Crippen LogP contribution in [0.4, 0.5) is 5.69 Å². The predicted octanol–water partition coefficient (Wildman–Crippen LogP) is 3.07. The van der Waals surface area contributed by atoms with Gasteiger partial charge in [-0.15, -0.1) is 0 Å². The molecule has 0 aliphatic carbocycles. The molecule has 2 N–H and O–H groups in total. The third-order valence-corrected chi connectivity index (χ3v) is 7.39. The molecule has 1 fully saturated rings. The number of carbonyl (C=O) groups excluding carboxylic acids is 1. The zero-order valence-corrected chi connectivity index (χ0v) is 18.2. The SMILES string of the molecule is Cc1ccc(CN2CC[C@@H](CNS(=O)(=O)c3ccc4c(c3)CCCC(=O)N4)C2)cc1. The lowest BCUT2D eigenvalue weighted by molar-refractivity contribution is -0.116. The Balaban J connectivity index is 1.34. The first-order chi connectivity index (χ1) is 14.4. The zero-order chi connectivity index (χ0) is 21.1. The van der Waals surface area contributed by atoms with Gasteiger partial charge in [0.05, 0.1) is 4.90 Å². The van der Waals surface area contributed by atoms with E-state index in [9.17, 15) is 13.2 Å². The number of fused-ring (bicyclic) bond motifs is 1. The van der Waals surface area contributed by atoms with E-state index < -0.39 is 10.0 Å². The Labute approximate surface area is 178 Å². The number of nitrogens with one attached hydrogen (secondary N) is 2. The van der Waals surface area contributed by atoms with Gasteiger partial charge in [0, 0.05) is 31.7 Å². The molecule has 2 aromatic rings. The fourth-order valence-corrected chi connectivity index (χ4v) is 5.37. The lowest BCUT2D eigenvalue weighted by Gasteiger charge is -2.17. The minimum absolute atomic E-state index is 0.0149. The van der Waals surface area contributed by atoms with Crippen LogP contribution in [0.2, 0.25) is 0 Å². The molecule has 2 aliphatic rings. The van der Waals surface area contributed by atoms with Crippen molar-refractivity contribution in [3.63, 3.8) is 0 Å². The van der Waals surface area contributed by atoms with Crippen LogP contribution in [0.25, 0.3) is 0 Å². The molecule has 7 heteroatoms. The van der Waals surface area contributed by atoms with E-state index in [0.717, 1.165) is 43.7 Å². The minimum atomic E-state index is -3.57. The van der Waals surface area contributed by atoms with Gasteiger partial charge >= 0.3 is 0 Å². The van der Waals surface area contributed by atoms with E-state index in [-0.39, 0.29) is 10.8 Å². The van der Waals surface area contributed by atoms with E-state index >= 15 is 0 Å². The highest BCUT2D eigenvalue weighted by Crippen LogP contribution is 2.25. The molecular weight excluding hydrogens is 398 g/mol. The molecule has 0 saturated carbocycles. The minimum Gasteiger partial charge on any atom is -0.326 e. The van der Waals surface area contributed by atoms with Gasteiger partial charge in [-0.05, 0) is 68.0 Å². The van der Waals surface area contributed by atoms with Crippen LogP contribution in [0.15, 0.2) is 47.4 Å². The second kappa shape index (κ2) is 8.88. The van der Waals surface area contributed by atoms with E-state index in [2.05, 4.69) is 46.1 Å². The Hall–Kier alpha value is -2.22. The average molecular weight is 428 g/mol. The fourth-order valence-electron chi connectivity index (χ4n) is 4.20. The summed E-state index contributed by atoms with van der Waals surface area (Å²) in [6, 6.07) is 13.5. The number of carbonyl (C=O) groups is 1. The summed E-state index contributed by atoms with van der Waals surface area (Å²) >= 11 is 0. The van der Waals surface area contributed by atoms with Crippen LogP contribution in [-0.4, -0.2) is 38.9 Å². The van der Waals surface area contributed by atoms with E-state index in [0.29, 0.717) is 25.3 Å². The number of sulfonamides is 1. The van der Waals surface area contributed by atoms with Crippen LogP contribution in [0, 0.1) is 12.8 Å². The second-order valence-electron chi connectivity index (χ2n) is 8.45. The van der Waals surface area contributed by atoms with Gasteiger partial charge in [0.1, 0.15) is 0 Å². The van der Waals surface area contributed by atoms with E-state index in [1.165, 1.54) is 11.1 Å².